The highest BCUT2D eigenvalue weighted by Gasteiger charge is 2.15. The van der Waals surface area contributed by atoms with Gasteiger partial charge in [-0.25, -0.2) is 4.79 Å². The maximum Gasteiger partial charge on any atom is 0.319 e. The number of aryl methyl sites for hydroxylation is 1. The summed E-state index contributed by atoms with van der Waals surface area (Å²) >= 11 is 3.41. The van der Waals surface area contributed by atoms with E-state index in [1.807, 2.05) is 25.1 Å². The molecule has 1 aromatic rings. The molecule has 4 heteroatoms. The topological polar surface area (TPSA) is 41.1 Å². The second-order valence-electron chi connectivity index (χ2n) is 4.89. The van der Waals surface area contributed by atoms with Gasteiger partial charge in [0.1, 0.15) is 0 Å². The van der Waals surface area contributed by atoms with Crippen LogP contribution in [0, 0.1) is 6.92 Å². The van der Waals surface area contributed by atoms with Crippen molar-refractivity contribution in [2.45, 2.75) is 45.1 Å². The first-order chi connectivity index (χ1) is 8.65. The van der Waals surface area contributed by atoms with Crippen molar-refractivity contribution in [3.8, 4) is 0 Å². The Morgan fingerprint density at radius 3 is 2.67 bits per heavy atom. The first-order valence-electron chi connectivity index (χ1n) is 6.49. The van der Waals surface area contributed by atoms with Crippen molar-refractivity contribution in [2.24, 2.45) is 0 Å². The molecule has 0 spiro atoms. The third-order valence-corrected chi connectivity index (χ3v) is 3.87. The van der Waals surface area contributed by atoms with Gasteiger partial charge in [0.15, 0.2) is 0 Å². The Bertz CT molecular complexity index is 428. The van der Waals surface area contributed by atoms with Crippen LogP contribution in [-0.2, 0) is 0 Å². The Hall–Kier alpha value is -1.03. The van der Waals surface area contributed by atoms with Crippen molar-refractivity contribution in [3.63, 3.8) is 0 Å². The van der Waals surface area contributed by atoms with E-state index in [2.05, 4.69) is 26.6 Å². The Morgan fingerprint density at radius 2 is 2.00 bits per heavy atom. The summed E-state index contributed by atoms with van der Waals surface area (Å²) in [6, 6.07) is 6.10. The van der Waals surface area contributed by atoms with E-state index < -0.39 is 0 Å². The van der Waals surface area contributed by atoms with Crippen LogP contribution in [-0.4, -0.2) is 12.1 Å². The summed E-state index contributed by atoms with van der Waals surface area (Å²) in [5.41, 5.74) is 1.93. The van der Waals surface area contributed by atoms with Crippen LogP contribution in [0.4, 0.5) is 10.5 Å². The lowest BCUT2D eigenvalue weighted by Crippen LogP contribution is -2.39. The van der Waals surface area contributed by atoms with Crippen LogP contribution in [0.15, 0.2) is 22.7 Å². The van der Waals surface area contributed by atoms with E-state index >= 15 is 0 Å². The zero-order chi connectivity index (χ0) is 13.0. The number of halogens is 1. The van der Waals surface area contributed by atoms with Gasteiger partial charge in [0.2, 0.25) is 0 Å². The fourth-order valence-corrected chi connectivity index (χ4v) is 2.83. The molecule has 0 unspecified atom stereocenters. The van der Waals surface area contributed by atoms with Crippen LogP contribution in [0.2, 0.25) is 0 Å². The SMILES string of the molecule is Cc1cc(Br)ccc1NC(=O)NC1CCCCC1. The van der Waals surface area contributed by atoms with Gasteiger partial charge >= 0.3 is 6.03 Å². The summed E-state index contributed by atoms with van der Waals surface area (Å²) in [6.45, 7) is 1.99. The zero-order valence-corrected chi connectivity index (χ0v) is 12.2. The summed E-state index contributed by atoms with van der Waals surface area (Å²) in [7, 11) is 0. The van der Waals surface area contributed by atoms with Crippen LogP contribution in [0.3, 0.4) is 0 Å². The normalized spacial score (nSPS) is 16.3. The number of hydrogen-bond donors (Lipinski definition) is 2. The lowest BCUT2D eigenvalue weighted by Gasteiger charge is -2.23. The molecule has 0 atom stereocenters. The molecule has 3 nitrogen and oxygen atoms in total. The van der Waals surface area contributed by atoms with Gasteiger partial charge in [-0.1, -0.05) is 35.2 Å². The summed E-state index contributed by atoms with van der Waals surface area (Å²) < 4.78 is 1.03. The Morgan fingerprint density at radius 1 is 1.28 bits per heavy atom. The molecule has 0 aliphatic heterocycles. The lowest BCUT2D eigenvalue weighted by molar-refractivity contribution is 0.244. The van der Waals surface area contributed by atoms with Crippen molar-refractivity contribution in [1.82, 2.24) is 5.32 Å². The number of benzene rings is 1. The molecule has 2 rings (SSSR count). The minimum atomic E-state index is -0.0904. The van der Waals surface area contributed by atoms with E-state index in [1.165, 1.54) is 19.3 Å². The monoisotopic (exact) mass is 310 g/mol. The maximum atomic E-state index is 11.9. The van der Waals surface area contributed by atoms with E-state index in [1.54, 1.807) is 0 Å². The third-order valence-electron chi connectivity index (χ3n) is 3.38. The van der Waals surface area contributed by atoms with Gasteiger partial charge < -0.3 is 10.6 Å². The molecule has 0 radical (unpaired) electrons. The Balaban J connectivity index is 1.90. The molecule has 1 saturated carbocycles. The molecule has 0 saturated heterocycles. The molecule has 2 amide bonds. The quantitative estimate of drug-likeness (QED) is 0.844. The predicted molar refractivity (Wildman–Crippen MR) is 77.9 cm³/mol. The number of urea groups is 1. The minimum absolute atomic E-state index is 0.0904. The van der Waals surface area contributed by atoms with Gasteiger partial charge in [0, 0.05) is 16.2 Å². The number of nitrogens with one attached hydrogen (secondary N) is 2. The molecule has 1 aliphatic carbocycles. The van der Waals surface area contributed by atoms with Gasteiger partial charge in [0.05, 0.1) is 0 Å². The van der Waals surface area contributed by atoms with Gasteiger partial charge in [-0.15, -0.1) is 0 Å². The van der Waals surface area contributed by atoms with Crippen molar-refractivity contribution < 1.29 is 4.79 Å². The largest absolute Gasteiger partial charge is 0.335 e. The van der Waals surface area contributed by atoms with E-state index in [-0.39, 0.29) is 6.03 Å². The van der Waals surface area contributed by atoms with Gasteiger partial charge in [-0.3, -0.25) is 0 Å². The highest BCUT2D eigenvalue weighted by atomic mass is 79.9. The smallest absolute Gasteiger partial charge is 0.319 e. The molecular formula is C14H19BrN2O. The summed E-state index contributed by atoms with van der Waals surface area (Å²) in [6.07, 6.45) is 5.95. The highest BCUT2D eigenvalue weighted by molar-refractivity contribution is 9.10. The van der Waals surface area contributed by atoms with Crippen LogP contribution in [0.25, 0.3) is 0 Å². The number of carbonyl (C=O) groups excluding carboxylic acids is 1. The zero-order valence-electron chi connectivity index (χ0n) is 10.6. The van der Waals surface area contributed by atoms with Crippen molar-refractivity contribution in [1.29, 1.82) is 0 Å². The van der Waals surface area contributed by atoms with E-state index in [4.69, 9.17) is 0 Å². The highest BCUT2D eigenvalue weighted by Crippen LogP contribution is 2.21. The van der Waals surface area contributed by atoms with Crippen LogP contribution in [0.5, 0.6) is 0 Å². The second kappa shape index (κ2) is 6.23. The minimum Gasteiger partial charge on any atom is -0.335 e. The number of hydrogen-bond acceptors (Lipinski definition) is 1. The first-order valence-corrected chi connectivity index (χ1v) is 7.28. The molecule has 0 aromatic heterocycles. The maximum absolute atomic E-state index is 11.9. The van der Waals surface area contributed by atoms with Crippen LogP contribution < -0.4 is 10.6 Å². The third kappa shape index (κ3) is 3.73. The molecule has 1 aliphatic rings. The average molecular weight is 311 g/mol. The predicted octanol–water partition coefficient (Wildman–Crippen LogP) is 4.21. The lowest BCUT2D eigenvalue weighted by atomic mass is 9.96. The van der Waals surface area contributed by atoms with Crippen LogP contribution >= 0.6 is 15.9 Å². The number of rotatable bonds is 2. The molecule has 0 heterocycles. The van der Waals surface area contributed by atoms with Gasteiger partial charge in [-0.05, 0) is 43.5 Å². The van der Waals surface area contributed by atoms with Crippen molar-refractivity contribution in [2.75, 3.05) is 5.32 Å². The van der Waals surface area contributed by atoms with Gasteiger partial charge in [0.25, 0.3) is 0 Å². The molecule has 1 fully saturated rings. The molecule has 1 aromatic carbocycles. The van der Waals surface area contributed by atoms with Crippen molar-refractivity contribution in [3.05, 3.63) is 28.2 Å². The first kappa shape index (κ1) is 13.4. The second-order valence-corrected chi connectivity index (χ2v) is 5.81. The Labute approximate surface area is 116 Å². The molecule has 2 N–H and O–H groups in total. The van der Waals surface area contributed by atoms with E-state index in [0.717, 1.165) is 28.6 Å². The van der Waals surface area contributed by atoms with Crippen LogP contribution in [0.1, 0.15) is 37.7 Å². The summed E-state index contributed by atoms with van der Waals surface area (Å²) in [4.78, 5) is 11.9. The van der Waals surface area contributed by atoms with Crippen molar-refractivity contribution >= 4 is 27.6 Å². The number of carbonyl (C=O) groups is 1. The molecule has 0 bridgehead atoms. The molecule has 98 valence electrons. The summed E-state index contributed by atoms with van der Waals surface area (Å²) in [5, 5.41) is 5.96. The molecule has 18 heavy (non-hydrogen) atoms. The molecular weight excluding hydrogens is 292 g/mol. The van der Waals surface area contributed by atoms with E-state index in [0.29, 0.717) is 6.04 Å². The Kier molecular flexibility index (Phi) is 4.64. The number of anilines is 1. The van der Waals surface area contributed by atoms with E-state index in [9.17, 15) is 4.79 Å². The number of amides is 2. The standard InChI is InChI=1S/C14H19BrN2O/c1-10-9-11(15)7-8-13(10)17-14(18)16-12-5-3-2-4-6-12/h7-9,12H,2-6H2,1H3,(H2,16,17,18). The fraction of sp³-hybridized carbons (Fsp3) is 0.500. The van der Waals surface area contributed by atoms with Gasteiger partial charge in [-0.2, -0.15) is 0 Å². The average Bonchev–Trinajstić information content (AvgIpc) is 2.34. The fourth-order valence-electron chi connectivity index (χ4n) is 2.36. The summed E-state index contributed by atoms with van der Waals surface area (Å²) in [5.74, 6) is 0.